The Morgan fingerprint density at radius 2 is 1.80 bits per heavy atom. The topological polar surface area (TPSA) is 94.3 Å². The Hall–Kier alpha value is -4.11. The van der Waals surface area contributed by atoms with Crippen molar-refractivity contribution in [1.29, 1.82) is 0 Å². The standard InChI is InChI=1S/C31H31N3O5S/c1-21-8-6-7-11-26(21)33-30(35)29(40-31(33)32-24-9-4-3-5-10-24)19-23-14-17-27(28(18-23)38-2)39-20-22-12-15-25(16-13-22)34(36)37/h3-5,9-10,12-19,21,26H,6-8,11,20H2,1-2H3/b29-19-,32-31?/t21-,26-/m0/s1. The molecule has 8 nitrogen and oxygen atoms in total. The molecule has 40 heavy (non-hydrogen) atoms. The van der Waals surface area contributed by atoms with E-state index in [-0.39, 0.29) is 24.2 Å². The third kappa shape index (κ3) is 6.20. The summed E-state index contributed by atoms with van der Waals surface area (Å²) in [5, 5.41) is 11.6. The fourth-order valence-corrected chi connectivity index (χ4v) is 6.11. The number of thioether (sulfide) groups is 1. The molecule has 206 valence electrons. The number of methoxy groups -OCH3 is 1. The Morgan fingerprint density at radius 3 is 2.50 bits per heavy atom. The van der Waals surface area contributed by atoms with Crippen molar-refractivity contribution in [2.45, 2.75) is 45.3 Å². The first-order valence-corrected chi connectivity index (χ1v) is 14.2. The van der Waals surface area contributed by atoms with Crippen LogP contribution < -0.4 is 9.47 Å². The summed E-state index contributed by atoms with van der Waals surface area (Å²) < 4.78 is 11.5. The molecule has 0 bridgehead atoms. The number of amidine groups is 1. The van der Waals surface area contributed by atoms with Crippen LogP contribution in [0.2, 0.25) is 0 Å². The average Bonchev–Trinajstić information content (AvgIpc) is 3.26. The van der Waals surface area contributed by atoms with E-state index in [2.05, 4.69) is 6.92 Å². The smallest absolute Gasteiger partial charge is 0.269 e. The van der Waals surface area contributed by atoms with Crippen LogP contribution in [-0.2, 0) is 11.4 Å². The van der Waals surface area contributed by atoms with Crippen LogP contribution >= 0.6 is 11.8 Å². The first-order chi connectivity index (χ1) is 19.4. The van der Waals surface area contributed by atoms with Crippen LogP contribution in [0.4, 0.5) is 11.4 Å². The second-order valence-electron chi connectivity index (χ2n) is 9.97. The highest BCUT2D eigenvalue weighted by atomic mass is 32.2. The number of nitrogens with zero attached hydrogens (tertiary/aromatic N) is 3. The van der Waals surface area contributed by atoms with Gasteiger partial charge >= 0.3 is 0 Å². The molecule has 2 aliphatic rings. The van der Waals surface area contributed by atoms with E-state index in [1.807, 2.05) is 53.4 Å². The molecule has 0 aromatic heterocycles. The molecule has 1 heterocycles. The zero-order chi connectivity index (χ0) is 28.1. The molecule has 9 heteroatoms. The number of nitro groups is 1. The van der Waals surface area contributed by atoms with Crippen LogP contribution in [0.25, 0.3) is 6.08 Å². The summed E-state index contributed by atoms with van der Waals surface area (Å²) in [7, 11) is 1.57. The molecular formula is C31H31N3O5S. The minimum atomic E-state index is -0.431. The quantitative estimate of drug-likeness (QED) is 0.163. The Balaban J connectivity index is 1.38. The largest absolute Gasteiger partial charge is 0.493 e. The van der Waals surface area contributed by atoms with E-state index in [1.54, 1.807) is 25.3 Å². The molecule has 2 atom stereocenters. The van der Waals surface area contributed by atoms with E-state index in [1.165, 1.54) is 30.3 Å². The van der Waals surface area contributed by atoms with Crippen LogP contribution in [0.3, 0.4) is 0 Å². The van der Waals surface area contributed by atoms with Crippen molar-refractivity contribution >= 4 is 40.3 Å². The SMILES string of the molecule is COc1cc(/C=C2\SC(=Nc3ccccc3)N([C@H]3CCCC[C@@H]3C)C2=O)ccc1OCc1ccc([N+](=O)[O-])cc1. The molecule has 5 rings (SSSR count). The Kier molecular flexibility index (Phi) is 8.50. The van der Waals surface area contributed by atoms with Crippen molar-refractivity contribution in [2.24, 2.45) is 10.9 Å². The molecule has 1 amide bonds. The summed E-state index contributed by atoms with van der Waals surface area (Å²) in [6, 6.07) is 21.6. The second-order valence-corrected chi connectivity index (χ2v) is 11.0. The number of aliphatic imine (C=N–C) groups is 1. The fraction of sp³-hybridized carbons (Fsp3) is 0.290. The number of ether oxygens (including phenoxy) is 2. The Bertz CT molecular complexity index is 1440. The van der Waals surface area contributed by atoms with Gasteiger partial charge in [0.1, 0.15) is 6.61 Å². The molecule has 1 saturated heterocycles. The van der Waals surface area contributed by atoms with Crippen molar-refractivity contribution < 1.29 is 19.2 Å². The van der Waals surface area contributed by atoms with Gasteiger partial charge in [-0.25, -0.2) is 4.99 Å². The van der Waals surface area contributed by atoms with E-state index in [4.69, 9.17) is 14.5 Å². The monoisotopic (exact) mass is 557 g/mol. The van der Waals surface area contributed by atoms with E-state index >= 15 is 0 Å². The molecule has 3 aromatic rings. The van der Waals surface area contributed by atoms with E-state index in [0.717, 1.165) is 41.2 Å². The third-order valence-corrected chi connectivity index (χ3v) is 8.23. The molecular weight excluding hydrogens is 526 g/mol. The van der Waals surface area contributed by atoms with Gasteiger partial charge in [0.05, 0.1) is 22.6 Å². The maximum atomic E-state index is 13.8. The highest BCUT2D eigenvalue weighted by molar-refractivity contribution is 8.18. The molecule has 0 radical (unpaired) electrons. The van der Waals surface area contributed by atoms with Crippen molar-refractivity contribution in [3.05, 3.63) is 98.9 Å². The van der Waals surface area contributed by atoms with Gasteiger partial charge in [0, 0.05) is 18.2 Å². The van der Waals surface area contributed by atoms with Gasteiger partial charge in [-0.3, -0.25) is 19.8 Å². The summed E-state index contributed by atoms with van der Waals surface area (Å²) in [6.07, 6.45) is 6.26. The number of nitro benzene ring substituents is 1. The summed E-state index contributed by atoms with van der Waals surface area (Å²) in [6.45, 7) is 2.46. The first kappa shape index (κ1) is 27.5. The van der Waals surface area contributed by atoms with Gasteiger partial charge in [0.15, 0.2) is 16.7 Å². The van der Waals surface area contributed by atoms with Gasteiger partial charge in [-0.05, 0) is 84.1 Å². The summed E-state index contributed by atoms with van der Waals surface area (Å²) in [5.41, 5.74) is 2.47. The summed E-state index contributed by atoms with van der Waals surface area (Å²) >= 11 is 1.41. The molecule has 2 fully saturated rings. The third-order valence-electron chi connectivity index (χ3n) is 7.24. The Morgan fingerprint density at radius 1 is 1.05 bits per heavy atom. The van der Waals surface area contributed by atoms with Crippen LogP contribution in [-0.4, -0.2) is 34.0 Å². The van der Waals surface area contributed by atoms with Crippen LogP contribution in [0, 0.1) is 16.0 Å². The molecule has 0 unspecified atom stereocenters. The number of rotatable bonds is 8. The lowest BCUT2D eigenvalue weighted by Crippen LogP contribution is -2.44. The van der Waals surface area contributed by atoms with Gasteiger partial charge < -0.3 is 9.47 Å². The van der Waals surface area contributed by atoms with Crippen molar-refractivity contribution in [1.82, 2.24) is 4.90 Å². The molecule has 0 N–H and O–H groups in total. The number of non-ortho nitro benzene ring substituents is 1. The number of para-hydroxylation sites is 1. The average molecular weight is 558 g/mol. The van der Waals surface area contributed by atoms with Crippen LogP contribution in [0.15, 0.2) is 82.7 Å². The number of hydrogen-bond acceptors (Lipinski definition) is 7. The molecule has 1 saturated carbocycles. The molecule has 0 spiro atoms. The van der Waals surface area contributed by atoms with Crippen molar-refractivity contribution in [2.75, 3.05) is 7.11 Å². The first-order valence-electron chi connectivity index (χ1n) is 13.3. The van der Waals surface area contributed by atoms with E-state index in [9.17, 15) is 14.9 Å². The zero-order valence-corrected chi connectivity index (χ0v) is 23.3. The van der Waals surface area contributed by atoms with Gasteiger partial charge in [-0.2, -0.15) is 0 Å². The molecule has 1 aliphatic heterocycles. The highest BCUT2D eigenvalue weighted by Crippen LogP contribution is 2.40. The summed E-state index contributed by atoms with van der Waals surface area (Å²) in [4.78, 5) is 31.6. The predicted octanol–water partition coefficient (Wildman–Crippen LogP) is 7.37. The number of benzene rings is 3. The van der Waals surface area contributed by atoms with Gasteiger partial charge in [-0.15, -0.1) is 0 Å². The van der Waals surface area contributed by atoms with Crippen LogP contribution in [0.1, 0.15) is 43.7 Å². The second kappa shape index (κ2) is 12.4. The van der Waals surface area contributed by atoms with Crippen molar-refractivity contribution in [3.8, 4) is 11.5 Å². The van der Waals surface area contributed by atoms with Crippen LogP contribution in [0.5, 0.6) is 11.5 Å². The van der Waals surface area contributed by atoms with Gasteiger partial charge in [0.2, 0.25) is 0 Å². The summed E-state index contributed by atoms with van der Waals surface area (Å²) in [5.74, 6) is 1.46. The lowest BCUT2D eigenvalue weighted by Gasteiger charge is -2.35. The number of carbonyl (C=O) groups excluding carboxylic acids is 1. The van der Waals surface area contributed by atoms with Gasteiger partial charge in [-0.1, -0.05) is 44.0 Å². The zero-order valence-electron chi connectivity index (χ0n) is 22.5. The molecule has 1 aliphatic carbocycles. The maximum Gasteiger partial charge on any atom is 0.269 e. The highest BCUT2D eigenvalue weighted by Gasteiger charge is 2.41. The lowest BCUT2D eigenvalue weighted by atomic mass is 9.85. The number of amides is 1. The minimum absolute atomic E-state index is 0.0177. The normalized spacial score (nSPS) is 21.1. The number of hydrogen-bond donors (Lipinski definition) is 0. The van der Waals surface area contributed by atoms with Gasteiger partial charge in [0.25, 0.3) is 11.6 Å². The number of carbonyl (C=O) groups is 1. The lowest BCUT2D eigenvalue weighted by molar-refractivity contribution is -0.384. The van der Waals surface area contributed by atoms with E-state index in [0.29, 0.717) is 22.3 Å². The maximum absolute atomic E-state index is 13.8. The fourth-order valence-electron chi connectivity index (χ4n) is 5.07. The predicted molar refractivity (Wildman–Crippen MR) is 158 cm³/mol. The minimum Gasteiger partial charge on any atom is -0.493 e. The van der Waals surface area contributed by atoms with E-state index < -0.39 is 4.92 Å². The Labute approximate surface area is 237 Å². The van der Waals surface area contributed by atoms with Crippen molar-refractivity contribution in [3.63, 3.8) is 0 Å². The molecule has 3 aromatic carbocycles.